The van der Waals surface area contributed by atoms with E-state index >= 15 is 0 Å². The fourth-order valence-electron chi connectivity index (χ4n) is 2.41. The number of carbonyl (C=O) groups is 1. The minimum absolute atomic E-state index is 0.216. The average Bonchev–Trinajstić information content (AvgIpc) is 2.76. The number of para-hydroxylation sites is 1. The van der Waals surface area contributed by atoms with Gasteiger partial charge in [0, 0.05) is 23.5 Å². The summed E-state index contributed by atoms with van der Waals surface area (Å²) < 4.78 is 12.0. The van der Waals surface area contributed by atoms with E-state index in [4.69, 9.17) is 9.31 Å². The number of pyridine rings is 1. The first kappa shape index (κ1) is 16.7. The van der Waals surface area contributed by atoms with Gasteiger partial charge in [-0.15, -0.1) is 0 Å². The van der Waals surface area contributed by atoms with Gasteiger partial charge in [-0.2, -0.15) is 0 Å². The number of carbonyl (C=O) groups excluding carboxylic acids is 1. The second-order valence-corrected chi connectivity index (χ2v) is 6.92. The summed E-state index contributed by atoms with van der Waals surface area (Å²) in [5.74, 6) is -0.216. The summed E-state index contributed by atoms with van der Waals surface area (Å²) in [6.45, 7) is 7.97. The lowest BCUT2D eigenvalue weighted by molar-refractivity contribution is 0.00578. The number of anilines is 1. The highest BCUT2D eigenvalue weighted by Crippen LogP contribution is 2.36. The highest BCUT2D eigenvalue weighted by atomic mass is 16.7. The molecular formula is C18H21BN2O3. The summed E-state index contributed by atoms with van der Waals surface area (Å²) in [6.07, 6.45) is 3.20. The minimum Gasteiger partial charge on any atom is -0.399 e. The number of aromatic nitrogens is 1. The zero-order valence-electron chi connectivity index (χ0n) is 14.4. The molecule has 1 fully saturated rings. The van der Waals surface area contributed by atoms with Crippen LogP contribution < -0.4 is 10.8 Å². The quantitative estimate of drug-likeness (QED) is 0.882. The second kappa shape index (κ2) is 6.04. The van der Waals surface area contributed by atoms with Gasteiger partial charge in [-0.3, -0.25) is 9.78 Å². The Morgan fingerprint density at radius 2 is 1.67 bits per heavy atom. The molecule has 6 heteroatoms. The van der Waals surface area contributed by atoms with Crippen molar-refractivity contribution in [1.82, 2.24) is 4.98 Å². The number of benzene rings is 1. The summed E-state index contributed by atoms with van der Waals surface area (Å²) >= 11 is 0. The summed E-state index contributed by atoms with van der Waals surface area (Å²) in [4.78, 5) is 16.6. The first-order valence-corrected chi connectivity index (χ1v) is 7.95. The van der Waals surface area contributed by atoms with Crippen LogP contribution in [0.15, 0.2) is 48.8 Å². The van der Waals surface area contributed by atoms with Gasteiger partial charge in [-0.05, 0) is 45.9 Å². The van der Waals surface area contributed by atoms with Crippen molar-refractivity contribution in [2.45, 2.75) is 38.9 Å². The molecule has 24 heavy (non-hydrogen) atoms. The van der Waals surface area contributed by atoms with Crippen molar-refractivity contribution in [1.29, 1.82) is 0 Å². The van der Waals surface area contributed by atoms with Gasteiger partial charge in [0.15, 0.2) is 0 Å². The maximum Gasteiger partial charge on any atom is 0.496 e. The van der Waals surface area contributed by atoms with E-state index < -0.39 is 18.3 Å². The molecule has 0 bridgehead atoms. The molecule has 1 N–H and O–H groups in total. The van der Waals surface area contributed by atoms with Crippen LogP contribution in [0.3, 0.4) is 0 Å². The lowest BCUT2D eigenvalue weighted by Gasteiger charge is -2.32. The predicted octanol–water partition coefficient (Wildman–Crippen LogP) is 2.63. The Balaban J connectivity index is 1.79. The standard InChI is InChI=1S/C18H21BN2O3/c1-17(2)18(3,4)24-19(23-17)14-10-13(11-20-12-14)16(22)21-15-8-6-5-7-9-15/h5-12H,1-4H3,(H,21,22). The van der Waals surface area contributed by atoms with E-state index in [1.54, 1.807) is 12.3 Å². The monoisotopic (exact) mass is 324 g/mol. The Morgan fingerprint density at radius 3 is 2.29 bits per heavy atom. The molecule has 0 aliphatic carbocycles. The Bertz CT molecular complexity index is 731. The van der Waals surface area contributed by atoms with Gasteiger partial charge >= 0.3 is 7.12 Å². The molecule has 0 spiro atoms. The second-order valence-electron chi connectivity index (χ2n) is 6.92. The largest absolute Gasteiger partial charge is 0.496 e. The van der Waals surface area contributed by atoms with Crippen molar-refractivity contribution >= 4 is 24.2 Å². The molecule has 3 rings (SSSR count). The number of rotatable bonds is 3. The topological polar surface area (TPSA) is 60.5 Å². The van der Waals surface area contributed by atoms with E-state index in [2.05, 4.69) is 10.3 Å². The molecule has 1 amide bonds. The van der Waals surface area contributed by atoms with Crippen molar-refractivity contribution in [3.63, 3.8) is 0 Å². The smallest absolute Gasteiger partial charge is 0.399 e. The van der Waals surface area contributed by atoms with Crippen LogP contribution >= 0.6 is 0 Å². The molecule has 1 aromatic heterocycles. The maximum absolute atomic E-state index is 12.4. The Kier molecular flexibility index (Phi) is 4.19. The number of hydrogen-bond acceptors (Lipinski definition) is 4. The van der Waals surface area contributed by atoms with Gasteiger partial charge in [0.2, 0.25) is 0 Å². The van der Waals surface area contributed by atoms with Gasteiger partial charge in [0.1, 0.15) is 0 Å². The van der Waals surface area contributed by atoms with Crippen LogP contribution in [0.1, 0.15) is 38.1 Å². The van der Waals surface area contributed by atoms with Crippen LogP contribution in [-0.4, -0.2) is 29.2 Å². The molecule has 1 aliphatic heterocycles. The van der Waals surface area contributed by atoms with E-state index in [0.29, 0.717) is 5.56 Å². The van der Waals surface area contributed by atoms with Gasteiger partial charge < -0.3 is 14.6 Å². The minimum atomic E-state index is -0.535. The third-order valence-electron chi connectivity index (χ3n) is 4.58. The fourth-order valence-corrected chi connectivity index (χ4v) is 2.41. The van der Waals surface area contributed by atoms with E-state index in [9.17, 15) is 4.79 Å². The zero-order valence-corrected chi connectivity index (χ0v) is 14.4. The Labute approximate surface area is 142 Å². The fraction of sp³-hybridized carbons (Fsp3) is 0.333. The molecule has 1 aromatic carbocycles. The molecule has 5 nitrogen and oxygen atoms in total. The van der Waals surface area contributed by atoms with Crippen LogP contribution in [0.5, 0.6) is 0 Å². The van der Waals surface area contributed by atoms with E-state index in [0.717, 1.165) is 11.2 Å². The third-order valence-corrected chi connectivity index (χ3v) is 4.58. The molecular weight excluding hydrogens is 303 g/mol. The van der Waals surface area contributed by atoms with Gasteiger partial charge in [0.05, 0.1) is 16.8 Å². The van der Waals surface area contributed by atoms with Crippen LogP contribution in [0.4, 0.5) is 5.69 Å². The summed E-state index contributed by atoms with van der Waals surface area (Å²) in [5.41, 5.74) is 1.07. The molecule has 2 heterocycles. The van der Waals surface area contributed by atoms with Crippen LogP contribution in [-0.2, 0) is 9.31 Å². The third kappa shape index (κ3) is 3.20. The lowest BCUT2D eigenvalue weighted by Crippen LogP contribution is -2.41. The lowest BCUT2D eigenvalue weighted by atomic mass is 9.80. The number of amides is 1. The number of hydrogen-bond donors (Lipinski definition) is 1. The molecule has 0 atom stereocenters. The van der Waals surface area contributed by atoms with E-state index in [1.165, 1.54) is 6.20 Å². The van der Waals surface area contributed by atoms with Crippen molar-refractivity contribution in [2.75, 3.05) is 5.32 Å². The first-order valence-electron chi connectivity index (χ1n) is 7.95. The summed E-state index contributed by atoms with van der Waals surface area (Å²) in [5, 5.41) is 2.85. The van der Waals surface area contributed by atoms with Crippen LogP contribution in [0, 0.1) is 0 Å². The Hall–Kier alpha value is -2.18. The van der Waals surface area contributed by atoms with E-state index in [1.807, 2.05) is 58.0 Å². The number of nitrogens with zero attached hydrogens (tertiary/aromatic N) is 1. The molecule has 0 saturated carbocycles. The summed E-state index contributed by atoms with van der Waals surface area (Å²) in [7, 11) is -0.535. The molecule has 0 unspecified atom stereocenters. The molecule has 124 valence electrons. The molecule has 2 aromatic rings. The number of nitrogens with one attached hydrogen (secondary N) is 1. The van der Waals surface area contributed by atoms with Crippen molar-refractivity contribution in [3.05, 3.63) is 54.4 Å². The highest BCUT2D eigenvalue weighted by Gasteiger charge is 2.51. The van der Waals surface area contributed by atoms with Crippen molar-refractivity contribution < 1.29 is 14.1 Å². The van der Waals surface area contributed by atoms with Gasteiger partial charge in [-0.25, -0.2) is 0 Å². The van der Waals surface area contributed by atoms with Crippen LogP contribution in [0.25, 0.3) is 0 Å². The Morgan fingerprint density at radius 1 is 1.04 bits per heavy atom. The van der Waals surface area contributed by atoms with Crippen molar-refractivity contribution in [3.8, 4) is 0 Å². The average molecular weight is 324 g/mol. The highest BCUT2D eigenvalue weighted by molar-refractivity contribution is 6.62. The first-order chi connectivity index (χ1) is 11.3. The van der Waals surface area contributed by atoms with E-state index in [-0.39, 0.29) is 5.91 Å². The molecule has 1 saturated heterocycles. The summed E-state index contributed by atoms with van der Waals surface area (Å²) in [6, 6.07) is 11.1. The predicted molar refractivity (Wildman–Crippen MR) is 94.3 cm³/mol. The SMILES string of the molecule is CC1(C)OB(c2cncc(C(=O)Nc3ccccc3)c2)OC1(C)C. The van der Waals surface area contributed by atoms with Gasteiger partial charge in [-0.1, -0.05) is 18.2 Å². The van der Waals surface area contributed by atoms with Crippen LogP contribution in [0.2, 0.25) is 0 Å². The normalized spacial score (nSPS) is 18.4. The zero-order chi connectivity index (χ0) is 17.4. The molecule has 0 radical (unpaired) electrons. The molecule has 1 aliphatic rings. The maximum atomic E-state index is 12.4. The van der Waals surface area contributed by atoms with Crippen molar-refractivity contribution in [2.24, 2.45) is 0 Å². The van der Waals surface area contributed by atoms with Gasteiger partial charge in [0.25, 0.3) is 5.91 Å².